The fraction of sp³-hybridized carbons (Fsp3) is 0.400. The molecule has 0 aliphatic heterocycles. The van der Waals surface area contributed by atoms with E-state index in [-0.39, 0.29) is 15.9 Å². The third kappa shape index (κ3) is 2.12. The van der Waals surface area contributed by atoms with Crippen molar-refractivity contribution < 1.29 is 14.7 Å². The average molecular weight is 277 g/mol. The van der Waals surface area contributed by atoms with Gasteiger partial charge in [-0.1, -0.05) is 23.2 Å². The lowest BCUT2D eigenvalue weighted by molar-refractivity contribution is -0.148. The fourth-order valence-electron chi connectivity index (χ4n) is 1.73. The number of halogens is 2. The van der Waals surface area contributed by atoms with Crippen LogP contribution in [0.4, 0.5) is 0 Å². The lowest BCUT2D eigenvalue weighted by atomic mass is 9.76. The number of aromatic amines is 1. The summed E-state index contributed by atoms with van der Waals surface area (Å²) in [4.78, 5) is 25.4. The zero-order valence-electron chi connectivity index (χ0n) is 8.72. The second kappa shape index (κ2) is 4.23. The Morgan fingerprint density at radius 2 is 2.06 bits per heavy atom. The van der Waals surface area contributed by atoms with Crippen LogP contribution in [0, 0.1) is 0 Å². The van der Waals surface area contributed by atoms with Crippen molar-refractivity contribution >= 4 is 35.1 Å². The molecule has 1 amide bonds. The van der Waals surface area contributed by atoms with Crippen molar-refractivity contribution in [1.29, 1.82) is 0 Å². The molecule has 0 spiro atoms. The number of nitrogens with one attached hydrogen (secondary N) is 2. The highest BCUT2D eigenvalue weighted by atomic mass is 35.5. The molecule has 1 aromatic heterocycles. The van der Waals surface area contributed by atoms with Gasteiger partial charge in [-0.05, 0) is 25.3 Å². The summed E-state index contributed by atoms with van der Waals surface area (Å²) in [7, 11) is 0. The Hall–Kier alpha value is -1.20. The Balaban J connectivity index is 2.14. The van der Waals surface area contributed by atoms with Crippen molar-refractivity contribution in [2.75, 3.05) is 0 Å². The molecule has 0 atom stereocenters. The van der Waals surface area contributed by atoms with Gasteiger partial charge >= 0.3 is 5.97 Å². The highest BCUT2D eigenvalue weighted by Gasteiger charge is 2.45. The number of aliphatic carboxylic acids is 1. The first-order chi connectivity index (χ1) is 7.94. The molecule has 0 unspecified atom stereocenters. The molecule has 7 heteroatoms. The van der Waals surface area contributed by atoms with Gasteiger partial charge < -0.3 is 15.4 Å². The van der Waals surface area contributed by atoms with Crippen LogP contribution in [0.15, 0.2) is 6.07 Å². The first-order valence-corrected chi connectivity index (χ1v) is 5.80. The normalized spacial score (nSPS) is 17.3. The molecule has 1 fully saturated rings. The molecule has 3 N–H and O–H groups in total. The number of carbonyl (C=O) groups excluding carboxylic acids is 1. The van der Waals surface area contributed by atoms with Crippen LogP contribution < -0.4 is 5.32 Å². The van der Waals surface area contributed by atoms with Crippen molar-refractivity contribution in [3.63, 3.8) is 0 Å². The van der Waals surface area contributed by atoms with Crippen LogP contribution in [0.1, 0.15) is 29.8 Å². The molecule has 0 bridgehead atoms. The second-order valence-corrected chi connectivity index (χ2v) is 4.83. The van der Waals surface area contributed by atoms with Gasteiger partial charge in [0, 0.05) is 0 Å². The Morgan fingerprint density at radius 1 is 1.41 bits per heavy atom. The number of H-pyrrole nitrogens is 1. The van der Waals surface area contributed by atoms with Crippen LogP contribution in [0.5, 0.6) is 0 Å². The van der Waals surface area contributed by atoms with E-state index in [9.17, 15) is 9.59 Å². The molecule has 1 aliphatic rings. The molecule has 1 heterocycles. The molecule has 5 nitrogen and oxygen atoms in total. The van der Waals surface area contributed by atoms with E-state index in [1.54, 1.807) is 0 Å². The number of carboxylic acid groups (broad SMARTS) is 1. The van der Waals surface area contributed by atoms with E-state index in [1.165, 1.54) is 6.07 Å². The predicted octanol–water partition coefficient (Wildman–Crippen LogP) is 2.06. The van der Waals surface area contributed by atoms with Crippen molar-refractivity contribution in [2.45, 2.75) is 24.8 Å². The Bertz CT molecular complexity index is 460. The summed E-state index contributed by atoms with van der Waals surface area (Å²) >= 11 is 11.4. The number of carboxylic acids is 1. The van der Waals surface area contributed by atoms with E-state index in [0.717, 1.165) is 6.42 Å². The van der Waals surface area contributed by atoms with Gasteiger partial charge in [0.15, 0.2) is 0 Å². The number of amides is 1. The molecular formula is C10H10Cl2N2O3. The van der Waals surface area contributed by atoms with Crippen LogP contribution in [0.2, 0.25) is 10.2 Å². The van der Waals surface area contributed by atoms with Gasteiger partial charge in [-0.25, -0.2) is 4.79 Å². The lowest BCUT2D eigenvalue weighted by Crippen LogP contribution is -2.59. The number of carbonyl (C=O) groups is 2. The third-order valence-electron chi connectivity index (χ3n) is 2.94. The molecule has 1 aromatic rings. The maximum absolute atomic E-state index is 11.8. The van der Waals surface area contributed by atoms with E-state index in [4.69, 9.17) is 28.3 Å². The smallest absolute Gasteiger partial charge is 0.329 e. The Labute approximate surface area is 107 Å². The number of aromatic nitrogens is 1. The molecular weight excluding hydrogens is 267 g/mol. The van der Waals surface area contributed by atoms with Crippen LogP contribution in [-0.2, 0) is 4.79 Å². The Kier molecular flexibility index (Phi) is 3.05. The molecule has 17 heavy (non-hydrogen) atoms. The summed E-state index contributed by atoms with van der Waals surface area (Å²) < 4.78 is 0. The minimum absolute atomic E-state index is 0.160. The summed E-state index contributed by atoms with van der Waals surface area (Å²) in [5.41, 5.74) is -0.978. The van der Waals surface area contributed by atoms with Crippen LogP contribution >= 0.6 is 23.2 Å². The van der Waals surface area contributed by atoms with E-state index in [1.807, 2.05) is 0 Å². The van der Waals surface area contributed by atoms with Crippen molar-refractivity contribution in [1.82, 2.24) is 10.3 Å². The van der Waals surface area contributed by atoms with Gasteiger partial charge in [-0.2, -0.15) is 0 Å². The minimum Gasteiger partial charge on any atom is -0.480 e. The monoisotopic (exact) mass is 276 g/mol. The SMILES string of the molecule is O=C(NC1(C(=O)O)CCC1)c1cc(Cl)c(Cl)[nH]1. The van der Waals surface area contributed by atoms with Gasteiger partial charge in [-0.15, -0.1) is 0 Å². The Morgan fingerprint density at radius 3 is 2.41 bits per heavy atom. The third-order valence-corrected chi connectivity index (χ3v) is 3.63. The van der Waals surface area contributed by atoms with E-state index >= 15 is 0 Å². The summed E-state index contributed by atoms with van der Waals surface area (Å²) in [6, 6.07) is 1.37. The average Bonchev–Trinajstić information content (AvgIpc) is 2.52. The second-order valence-electron chi connectivity index (χ2n) is 4.04. The number of rotatable bonds is 3. The molecule has 1 aliphatic carbocycles. The standard InChI is InChI=1S/C10H10Cl2N2O3/c11-5-4-6(13-7(5)12)8(15)14-10(9(16)17)2-1-3-10/h4,13H,1-3H2,(H,14,15)(H,16,17). The summed E-state index contributed by atoms with van der Waals surface area (Å²) in [6.45, 7) is 0. The van der Waals surface area contributed by atoms with Gasteiger partial charge in [0.2, 0.25) is 0 Å². The zero-order valence-corrected chi connectivity index (χ0v) is 10.2. The lowest BCUT2D eigenvalue weighted by Gasteiger charge is -2.38. The minimum atomic E-state index is -1.14. The fourth-order valence-corrected chi connectivity index (χ4v) is 2.05. The molecule has 0 saturated heterocycles. The molecule has 1 saturated carbocycles. The first-order valence-electron chi connectivity index (χ1n) is 5.04. The van der Waals surface area contributed by atoms with Crippen LogP contribution in [-0.4, -0.2) is 27.5 Å². The highest BCUT2D eigenvalue weighted by molar-refractivity contribution is 6.41. The van der Waals surface area contributed by atoms with E-state index in [2.05, 4.69) is 10.3 Å². The van der Waals surface area contributed by atoms with Gasteiger partial charge in [0.05, 0.1) is 5.02 Å². The van der Waals surface area contributed by atoms with Gasteiger partial charge in [-0.3, -0.25) is 4.79 Å². The van der Waals surface area contributed by atoms with Crippen LogP contribution in [0.3, 0.4) is 0 Å². The molecule has 0 radical (unpaired) electrons. The summed E-state index contributed by atoms with van der Waals surface area (Å²) in [5.74, 6) is -1.53. The van der Waals surface area contributed by atoms with Crippen molar-refractivity contribution in [2.24, 2.45) is 0 Å². The van der Waals surface area contributed by atoms with Crippen LogP contribution in [0.25, 0.3) is 0 Å². The highest BCUT2D eigenvalue weighted by Crippen LogP contribution is 2.32. The molecule has 0 aromatic carbocycles. The summed E-state index contributed by atoms with van der Waals surface area (Å²) in [5, 5.41) is 12.0. The zero-order chi connectivity index (χ0) is 12.6. The van der Waals surface area contributed by atoms with E-state index < -0.39 is 17.4 Å². The van der Waals surface area contributed by atoms with Gasteiger partial charge in [0.25, 0.3) is 5.91 Å². The van der Waals surface area contributed by atoms with Crippen molar-refractivity contribution in [3.05, 3.63) is 21.9 Å². The number of hydrogen-bond acceptors (Lipinski definition) is 2. The van der Waals surface area contributed by atoms with E-state index in [0.29, 0.717) is 12.8 Å². The molecule has 2 rings (SSSR count). The number of hydrogen-bond donors (Lipinski definition) is 3. The largest absolute Gasteiger partial charge is 0.480 e. The molecule has 92 valence electrons. The topological polar surface area (TPSA) is 82.2 Å². The quantitative estimate of drug-likeness (QED) is 0.790. The first kappa shape index (κ1) is 12.3. The van der Waals surface area contributed by atoms with Crippen molar-refractivity contribution in [3.8, 4) is 0 Å². The van der Waals surface area contributed by atoms with Gasteiger partial charge in [0.1, 0.15) is 16.4 Å². The maximum atomic E-state index is 11.8. The predicted molar refractivity (Wildman–Crippen MR) is 62.5 cm³/mol. The maximum Gasteiger partial charge on any atom is 0.329 e. The summed E-state index contributed by atoms with van der Waals surface area (Å²) in [6.07, 6.45) is 1.67.